The highest BCUT2D eigenvalue weighted by atomic mass is 16.5. The van der Waals surface area contributed by atoms with Crippen LogP contribution < -0.4 is 4.74 Å². The molecule has 1 fully saturated rings. The lowest BCUT2D eigenvalue weighted by molar-refractivity contribution is -0.141. The Balaban J connectivity index is 2.30. The summed E-state index contributed by atoms with van der Waals surface area (Å²) in [5, 5.41) is 9.45. The molecular formula is C12H14O4. The van der Waals surface area contributed by atoms with Crippen molar-refractivity contribution in [3.05, 3.63) is 23.8 Å². The van der Waals surface area contributed by atoms with Crippen molar-refractivity contribution < 1.29 is 19.4 Å². The van der Waals surface area contributed by atoms with Gasteiger partial charge >= 0.3 is 5.97 Å². The van der Waals surface area contributed by atoms with Crippen LogP contribution in [0.3, 0.4) is 0 Å². The molecule has 1 aromatic carbocycles. The van der Waals surface area contributed by atoms with E-state index in [2.05, 4.69) is 0 Å². The number of cyclic esters (lactones) is 1. The first-order valence-corrected chi connectivity index (χ1v) is 5.19. The Morgan fingerprint density at radius 2 is 2.25 bits per heavy atom. The first-order chi connectivity index (χ1) is 7.61. The highest BCUT2D eigenvalue weighted by Gasteiger charge is 2.33. The van der Waals surface area contributed by atoms with Gasteiger partial charge < -0.3 is 14.6 Å². The van der Waals surface area contributed by atoms with Crippen molar-refractivity contribution in [2.45, 2.75) is 25.4 Å². The van der Waals surface area contributed by atoms with Gasteiger partial charge in [-0.2, -0.15) is 0 Å². The van der Waals surface area contributed by atoms with Crippen LogP contribution in [0.5, 0.6) is 11.5 Å². The molecule has 0 saturated carbocycles. The van der Waals surface area contributed by atoms with E-state index in [-0.39, 0.29) is 23.7 Å². The highest BCUT2D eigenvalue weighted by molar-refractivity contribution is 5.80. The van der Waals surface area contributed by atoms with E-state index in [1.807, 2.05) is 6.92 Å². The Labute approximate surface area is 93.8 Å². The molecule has 16 heavy (non-hydrogen) atoms. The van der Waals surface area contributed by atoms with E-state index in [1.165, 1.54) is 13.2 Å². The summed E-state index contributed by atoms with van der Waals surface area (Å²) < 4.78 is 10.1. The predicted molar refractivity (Wildman–Crippen MR) is 57.6 cm³/mol. The zero-order chi connectivity index (χ0) is 11.7. The quantitative estimate of drug-likeness (QED) is 0.775. The monoisotopic (exact) mass is 222 g/mol. The summed E-state index contributed by atoms with van der Waals surface area (Å²) in [5.74, 6) is 0.000240. The van der Waals surface area contributed by atoms with Crippen molar-refractivity contribution >= 4 is 5.97 Å². The normalized spacial score (nSPS) is 24.2. The molecule has 0 amide bonds. The van der Waals surface area contributed by atoms with Crippen LogP contribution in [-0.4, -0.2) is 24.3 Å². The number of phenolic OH excluding ortho intramolecular Hbond substituents is 1. The molecular weight excluding hydrogens is 208 g/mol. The third-order valence-corrected chi connectivity index (χ3v) is 2.78. The van der Waals surface area contributed by atoms with Gasteiger partial charge in [-0.15, -0.1) is 0 Å². The smallest absolute Gasteiger partial charge is 0.313 e. The van der Waals surface area contributed by atoms with Crippen LogP contribution in [0.4, 0.5) is 0 Å². The number of benzene rings is 1. The second-order valence-corrected chi connectivity index (χ2v) is 3.97. The van der Waals surface area contributed by atoms with Gasteiger partial charge in [-0.1, -0.05) is 6.07 Å². The maximum atomic E-state index is 11.5. The molecule has 86 valence electrons. The molecule has 0 radical (unpaired) electrons. The number of carbonyl (C=O) groups excluding carboxylic acids is 1. The van der Waals surface area contributed by atoms with E-state index in [4.69, 9.17) is 9.47 Å². The van der Waals surface area contributed by atoms with Crippen molar-refractivity contribution in [3.63, 3.8) is 0 Å². The fourth-order valence-corrected chi connectivity index (χ4v) is 1.94. The number of rotatable bonds is 2. The molecule has 2 rings (SSSR count). The van der Waals surface area contributed by atoms with Crippen molar-refractivity contribution in [2.24, 2.45) is 0 Å². The van der Waals surface area contributed by atoms with Crippen LogP contribution in [0.1, 0.15) is 24.8 Å². The Bertz CT molecular complexity index is 413. The molecule has 1 heterocycles. The number of methoxy groups -OCH3 is 1. The maximum absolute atomic E-state index is 11.5. The number of ether oxygens (including phenoxy) is 2. The lowest BCUT2D eigenvalue weighted by Crippen LogP contribution is -2.05. The molecule has 1 aliphatic rings. The molecule has 4 heteroatoms. The summed E-state index contributed by atoms with van der Waals surface area (Å²) in [6, 6.07) is 4.94. The first kappa shape index (κ1) is 10.8. The Hall–Kier alpha value is -1.71. The van der Waals surface area contributed by atoms with Gasteiger partial charge in [0.05, 0.1) is 13.0 Å². The second-order valence-electron chi connectivity index (χ2n) is 3.97. The average molecular weight is 222 g/mol. The molecule has 1 aliphatic heterocycles. The maximum Gasteiger partial charge on any atom is 0.313 e. The molecule has 2 atom stereocenters. The highest BCUT2D eigenvalue weighted by Crippen LogP contribution is 2.35. The van der Waals surface area contributed by atoms with Gasteiger partial charge in [0.15, 0.2) is 11.5 Å². The lowest BCUT2D eigenvalue weighted by Gasteiger charge is -2.09. The zero-order valence-corrected chi connectivity index (χ0v) is 9.27. The van der Waals surface area contributed by atoms with Crippen LogP contribution in [0.2, 0.25) is 0 Å². The third kappa shape index (κ3) is 1.83. The Morgan fingerprint density at radius 1 is 1.50 bits per heavy atom. The summed E-state index contributed by atoms with van der Waals surface area (Å²) in [4.78, 5) is 11.5. The summed E-state index contributed by atoms with van der Waals surface area (Å²) in [6.45, 7) is 1.87. The van der Waals surface area contributed by atoms with Crippen LogP contribution >= 0.6 is 0 Å². The zero-order valence-electron chi connectivity index (χ0n) is 9.27. The van der Waals surface area contributed by atoms with Gasteiger partial charge in [0, 0.05) is 6.42 Å². The minimum atomic E-state index is -0.246. The van der Waals surface area contributed by atoms with Crippen LogP contribution in [0.25, 0.3) is 0 Å². The fraction of sp³-hybridized carbons (Fsp3) is 0.417. The van der Waals surface area contributed by atoms with Gasteiger partial charge in [-0.05, 0) is 24.6 Å². The van der Waals surface area contributed by atoms with Gasteiger partial charge in [0.25, 0.3) is 0 Å². The molecule has 0 spiro atoms. The second kappa shape index (κ2) is 4.04. The average Bonchev–Trinajstić information content (AvgIpc) is 2.59. The Morgan fingerprint density at radius 3 is 2.81 bits per heavy atom. The van der Waals surface area contributed by atoms with Crippen molar-refractivity contribution in [3.8, 4) is 11.5 Å². The topological polar surface area (TPSA) is 55.8 Å². The SMILES string of the molecule is COc1cc(C2CC(C)OC2=O)ccc1O. The molecule has 0 aromatic heterocycles. The summed E-state index contributed by atoms with van der Waals surface area (Å²) >= 11 is 0. The standard InChI is InChI=1S/C12H14O4/c1-7-5-9(12(14)16-7)8-3-4-10(13)11(6-8)15-2/h3-4,6-7,9,13H,5H2,1-2H3. The minimum absolute atomic E-state index is 0.0442. The molecule has 0 bridgehead atoms. The third-order valence-electron chi connectivity index (χ3n) is 2.78. The molecule has 1 N–H and O–H groups in total. The van der Waals surface area contributed by atoms with E-state index in [0.717, 1.165) is 5.56 Å². The van der Waals surface area contributed by atoms with Crippen molar-refractivity contribution in [1.82, 2.24) is 0 Å². The van der Waals surface area contributed by atoms with Gasteiger partial charge in [0.1, 0.15) is 6.10 Å². The number of phenols is 1. The van der Waals surface area contributed by atoms with Gasteiger partial charge in [-0.25, -0.2) is 0 Å². The minimum Gasteiger partial charge on any atom is -0.504 e. The summed E-state index contributed by atoms with van der Waals surface area (Å²) in [5.41, 5.74) is 0.823. The van der Waals surface area contributed by atoms with Crippen molar-refractivity contribution in [1.29, 1.82) is 0 Å². The summed E-state index contributed by atoms with van der Waals surface area (Å²) in [6.07, 6.45) is 0.629. The first-order valence-electron chi connectivity index (χ1n) is 5.19. The van der Waals surface area contributed by atoms with E-state index in [0.29, 0.717) is 12.2 Å². The summed E-state index contributed by atoms with van der Waals surface area (Å²) in [7, 11) is 1.48. The number of esters is 1. The van der Waals surface area contributed by atoms with Gasteiger partial charge in [0.2, 0.25) is 0 Å². The van der Waals surface area contributed by atoms with E-state index >= 15 is 0 Å². The Kier molecular flexibility index (Phi) is 2.73. The van der Waals surface area contributed by atoms with E-state index in [1.54, 1.807) is 12.1 Å². The number of carbonyl (C=O) groups is 1. The fourth-order valence-electron chi connectivity index (χ4n) is 1.94. The largest absolute Gasteiger partial charge is 0.504 e. The molecule has 4 nitrogen and oxygen atoms in total. The van der Waals surface area contributed by atoms with Crippen LogP contribution in [0.15, 0.2) is 18.2 Å². The van der Waals surface area contributed by atoms with Crippen LogP contribution in [-0.2, 0) is 9.53 Å². The van der Waals surface area contributed by atoms with Gasteiger partial charge in [-0.3, -0.25) is 4.79 Å². The molecule has 1 saturated heterocycles. The van der Waals surface area contributed by atoms with E-state index < -0.39 is 0 Å². The number of hydrogen-bond donors (Lipinski definition) is 1. The predicted octanol–water partition coefficient (Wildman–Crippen LogP) is 1.82. The number of aromatic hydroxyl groups is 1. The van der Waals surface area contributed by atoms with Crippen LogP contribution in [0, 0.1) is 0 Å². The molecule has 0 aliphatic carbocycles. The molecule has 1 aromatic rings. The van der Waals surface area contributed by atoms with E-state index in [9.17, 15) is 9.90 Å². The number of hydrogen-bond acceptors (Lipinski definition) is 4. The molecule has 2 unspecified atom stereocenters. The van der Waals surface area contributed by atoms with Crippen molar-refractivity contribution in [2.75, 3.05) is 7.11 Å². The lowest BCUT2D eigenvalue weighted by atomic mass is 9.96.